The summed E-state index contributed by atoms with van der Waals surface area (Å²) in [6, 6.07) is 5.80. The van der Waals surface area contributed by atoms with Gasteiger partial charge in [-0.1, -0.05) is 43.9 Å². The maximum Gasteiger partial charge on any atom is 0.141 e. The van der Waals surface area contributed by atoms with Crippen molar-refractivity contribution in [3.05, 3.63) is 34.6 Å². The molecule has 1 N–H and O–H groups in total. The molecule has 3 atom stereocenters. The zero-order valence-electron chi connectivity index (χ0n) is 11.8. The van der Waals surface area contributed by atoms with E-state index in [1.165, 1.54) is 38.2 Å². The van der Waals surface area contributed by atoms with Gasteiger partial charge in [0, 0.05) is 12.1 Å². The molecule has 0 saturated heterocycles. The van der Waals surface area contributed by atoms with Crippen molar-refractivity contribution in [1.29, 1.82) is 0 Å². The van der Waals surface area contributed by atoms with Crippen LogP contribution in [0.15, 0.2) is 18.2 Å². The van der Waals surface area contributed by atoms with Crippen LogP contribution in [0, 0.1) is 11.7 Å². The Kier molecular flexibility index (Phi) is 5.23. The van der Waals surface area contributed by atoms with Crippen LogP contribution in [0.25, 0.3) is 0 Å². The van der Waals surface area contributed by atoms with E-state index >= 15 is 0 Å². The van der Waals surface area contributed by atoms with Crippen LogP contribution in [-0.2, 0) is 0 Å². The average Bonchev–Trinajstić information content (AvgIpc) is 2.42. The van der Waals surface area contributed by atoms with Gasteiger partial charge in [0.1, 0.15) is 5.82 Å². The van der Waals surface area contributed by atoms with E-state index in [1.807, 2.05) is 6.07 Å². The molecule has 0 aromatic heterocycles. The Balaban J connectivity index is 1.96. The van der Waals surface area contributed by atoms with Crippen molar-refractivity contribution in [2.75, 3.05) is 0 Å². The minimum absolute atomic E-state index is 0.209. The third-order valence-corrected chi connectivity index (χ3v) is 4.58. The van der Waals surface area contributed by atoms with E-state index in [4.69, 9.17) is 11.6 Å². The van der Waals surface area contributed by atoms with Gasteiger partial charge in [0.25, 0.3) is 0 Å². The first-order valence-corrected chi connectivity index (χ1v) is 7.69. The van der Waals surface area contributed by atoms with Crippen molar-refractivity contribution in [2.24, 2.45) is 5.92 Å². The fourth-order valence-electron chi connectivity index (χ4n) is 3.04. The summed E-state index contributed by atoms with van der Waals surface area (Å²) in [5, 5.41) is 3.87. The predicted molar refractivity (Wildman–Crippen MR) is 79.0 cm³/mol. The fourth-order valence-corrected chi connectivity index (χ4v) is 3.23. The highest BCUT2D eigenvalue weighted by Gasteiger charge is 2.22. The first kappa shape index (κ1) is 14.8. The van der Waals surface area contributed by atoms with Crippen LogP contribution in [0.1, 0.15) is 57.6 Å². The average molecular weight is 284 g/mol. The van der Waals surface area contributed by atoms with Gasteiger partial charge >= 0.3 is 0 Å². The van der Waals surface area contributed by atoms with E-state index in [0.717, 1.165) is 11.5 Å². The van der Waals surface area contributed by atoms with Gasteiger partial charge in [-0.15, -0.1) is 0 Å². The molecule has 0 heterocycles. The van der Waals surface area contributed by atoms with Gasteiger partial charge in [-0.25, -0.2) is 4.39 Å². The van der Waals surface area contributed by atoms with Crippen LogP contribution in [0.5, 0.6) is 0 Å². The second kappa shape index (κ2) is 6.71. The number of nitrogens with one attached hydrogen (secondary N) is 1. The van der Waals surface area contributed by atoms with E-state index in [2.05, 4.69) is 19.2 Å². The number of halogens is 2. The van der Waals surface area contributed by atoms with E-state index < -0.39 is 0 Å². The van der Waals surface area contributed by atoms with Crippen molar-refractivity contribution < 1.29 is 4.39 Å². The Bertz CT molecular complexity index is 421. The molecule has 0 aliphatic heterocycles. The maximum atomic E-state index is 13.2. The monoisotopic (exact) mass is 283 g/mol. The topological polar surface area (TPSA) is 12.0 Å². The van der Waals surface area contributed by atoms with Crippen LogP contribution < -0.4 is 5.32 Å². The first-order valence-electron chi connectivity index (χ1n) is 7.31. The lowest BCUT2D eigenvalue weighted by atomic mass is 9.84. The van der Waals surface area contributed by atoms with Crippen LogP contribution in [0.4, 0.5) is 4.39 Å². The van der Waals surface area contributed by atoms with Crippen molar-refractivity contribution in [1.82, 2.24) is 5.32 Å². The lowest BCUT2D eigenvalue weighted by Crippen LogP contribution is -2.35. The van der Waals surface area contributed by atoms with Crippen LogP contribution in [0.3, 0.4) is 0 Å². The van der Waals surface area contributed by atoms with E-state index in [9.17, 15) is 4.39 Å². The summed E-state index contributed by atoms with van der Waals surface area (Å²) in [5.41, 5.74) is 1.06. The molecule has 0 spiro atoms. The summed E-state index contributed by atoms with van der Waals surface area (Å²) in [7, 11) is 0. The van der Waals surface area contributed by atoms with Crippen molar-refractivity contribution in [3.63, 3.8) is 0 Å². The van der Waals surface area contributed by atoms with Crippen LogP contribution >= 0.6 is 11.6 Å². The first-order chi connectivity index (χ1) is 9.10. The molecule has 3 unspecified atom stereocenters. The second-order valence-corrected chi connectivity index (χ2v) is 6.11. The summed E-state index contributed by atoms with van der Waals surface area (Å²) >= 11 is 5.84. The van der Waals surface area contributed by atoms with Gasteiger partial charge in [-0.3, -0.25) is 0 Å². The highest BCUT2D eigenvalue weighted by Crippen LogP contribution is 2.28. The fraction of sp³-hybridized carbons (Fsp3) is 0.625. The molecule has 1 nitrogen and oxygen atoms in total. The smallest absolute Gasteiger partial charge is 0.141 e. The Hall–Kier alpha value is -0.600. The zero-order valence-corrected chi connectivity index (χ0v) is 12.5. The summed E-state index contributed by atoms with van der Waals surface area (Å²) in [6.45, 7) is 4.40. The largest absolute Gasteiger partial charge is 0.307 e. The Labute approximate surface area is 120 Å². The standard InChI is InChI=1S/C16H23ClFN/c1-3-12-5-4-6-14(9-12)19-11(2)13-7-8-16(18)15(17)10-13/h7-8,10-12,14,19H,3-6,9H2,1-2H3. The molecule has 1 saturated carbocycles. The number of hydrogen-bond acceptors (Lipinski definition) is 1. The molecule has 0 radical (unpaired) electrons. The van der Waals surface area contributed by atoms with Crippen molar-refractivity contribution in [2.45, 2.75) is 58.0 Å². The minimum Gasteiger partial charge on any atom is -0.307 e. The Morgan fingerprint density at radius 3 is 2.89 bits per heavy atom. The Morgan fingerprint density at radius 1 is 1.42 bits per heavy atom. The lowest BCUT2D eigenvalue weighted by molar-refractivity contribution is 0.266. The summed E-state index contributed by atoms with van der Waals surface area (Å²) < 4.78 is 13.2. The van der Waals surface area contributed by atoms with Gasteiger partial charge in [0.05, 0.1) is 5.02 Å². The number of hydrogen-bond donors (Lipinski definition) is 1. The van der Waals surface area contributed by atoms with Crippen molar-refractivity contribution >= 4 is 11.6 Å². The van der Waals surface area contributed by atoms with E-state index in [0.29, 0.717) is 6.04 Å². The van der Waals surface area contributed by atoms with E-state index in [1.54, 1.807) is 6.07 Å². The molecule has 1 aliphatic rings. The number of rotatable bonds is 4. The summed E-state index contributed by atoms with van der Waals surface area (Å²) in [6.07, 6.45) is 6.46. The normalized spacial score (nSPS) is 25.3. The molecule has 2 rings (SSSR count). The number of benzene rings is 1. The molecule has 1 fully saturated rings. The third-order valence-electron chi connectivity index (χ3n) is 4.29. The molecule has 0 amide bonds. The van der Waals surface area contributed by atoms with E-state index in [-0.39, 0.29) is 16.9 Å². The second-order valence-electron chi connectivity index (χ2n) is 5.70. The Morgan fingerprint density at radius 2 is 2.21 bits per heavy atom. The van der Waals surface area contributed by atoms with Crippen LogP contribution in [0.2, 0.25) is 5.02 Å². The van der Waals surface area contributed by atoms with Gasteiger partial charge in [-0.2, -0.15) is 0 Å². The quantitative estimate of drug-likeness (QED) is 0.811. The van der Waals surface area contributed by atoms with Crippen molar-refractivity contribution in [3.8, 4) is 0 Å². The van der Waals surface area contributed by atoms with Gasteiger partial charge in [-0.05, 0) is 43.4 Å². The lowest BCUT2D eigenvalue weighted by Gasteiger charge is -2.31. The molecular formula is C16H23ClFN. The molecule has 1 aromatic carbocycles. The molecular weight excluding hydrogens is 261 g/mol. The molecule has 19 heavy (non-hydrogen) atoms. The van der Waals surface area contributed by atoms with Gasteiger partial charge < -0.3 is 5.32 Å². The highest BCUT2D eigenvalue weighted by atomic mass is 35.5. The van der Waals surface area contributed by atoms with Gasteiger partial charge in [0.15, 0.2) is 0 Å². The molecule has 106 valence electrons. The third kappa shape index (κ3) is 3.93. The predicted octanol–water partition coefficient (Wildman–Crippen LogP) is 5.10. The van der Waals surface area contributed by atoms with Gasteiger partial charge in [0.2, 0.25) is 0 Å². The summed E-state index contributed by atoms with van der Waals surface area (Å²) in [4.78, 5) is 0. The zero-order chi connectivity index (χ0) is 13.8. The minimum atomic E-state index is -0.346. The van der Waals surface area contributed by atoms with Crippen LogP contribution in [-0.4, -0.2) is 6.04 Å². The molecule has 3 heteroatoms. The highest BCUT2D eigenvalue weighted by molar-refractivity contribution is 6.30. The molecule has 1 aliphatic carbocycles. The molecule has 0 bridgehead atoms. The maximum absolute atomic E-state index is 13.2. The summed E-state index contributed by atoms with van der Waals surface area (Å²) in [5.74, 6) is 0.511. The molecule has 1 aromatic rings. The SMILES string of the molecule is CCC1CCCC(NC(C)c2ccc(F)c(Cl)c2)C1.